The van der Waals surface area contributed by atoms with Gasteiger partial charge in [0.1, 0.15) is 11.6 Å². The molecule has 1 aliphatic heterocycles. The smallest absolute Gasteiger partial charge is 0.131 e. The Labute approximate surface area is 82.9 Å². The normalized spacial score (nSPS) is 14.1. The van der Waals surface area contributed by atoms with E-state index < -0.39 is 0 Å². The number of allylic oxidation sites excluding steroid dienone is 4. The first kappa shape index (κ1) is 8.56. The van der Waals surface area contributed by atoms with Gasteiger partial charge in [0.15, 0.2) is 0 Å². The number of nitrogens with one attached hydrogen (secondary N) is 2. The maximum absolute atomic E-state index is 4.16. The molecule has 2 heterocycles. The minimum absolute atomic E-state index is 0.829. The number of hydrogen-bond donors (Lipinski definition) is 2. The molecule has 0 fully saturated rings. The molecule has 0 aliphatic carbocycles. The van der Waals surface area contributed by atoms with Gasteiger partial charge in [0.25, 0.3) is 0 Å². The van der Waals surface area contributed by atoms with Crippen molar-refractivity contribution in [1.29, 1.82) is 0 Å². The van der Waals surface area contributed by atoms with Gasteiger partial charge >= 0.3 is 0 Å². The molecule has 0 saturated heterocycles. The van der Waals surface area contributed by atoms with Gasteiger partial charge in [-0.3, -0.25) is 0 Å². The second kappa shape index (κ2) is 4.28. The van der Waals surface area contributed by atoms with Crippen molar-refractivity contribution in [1.82, 2.24) is 10.3 Å². The zero-order valence-electron chi connectivity index (χ0n) is 7.64. The van der Waals surface area contributed by atoms with Crippen LogP contribution in [0.2, 0.25) is 0 Å². The molecule has 0 bridgehead atoms. The van der Waals surface area contributed by atoms with E-state index in [4.69, 9.17) is 0 Å². The van der Waals surface area contributed by atoms with Crippen LogP contribution in [-0.4, -0.2) is 4.98 Å². The van der Waals surface area contributed by atoms with Crippen molar-refractivity contribution in [2.45, 2.75) is 0 Å². The van der Waals surface area contributed by atoms with Crippen LogP contribution >= 0.6 is 0 Å². The van der Waals surface area contributed by atoms with E-state index in [1.54, 1.807) is 6.20 Å². The van der Waals surface area contributed by atoms with Gasteiger partial charge < -0.3 is 10.6 Å². The number of pyridine rings is 1. The lowest BCUT2D eigenvalue weighted by atomic mass is 10.4. The summed E-state index contributed by atoms with van der Waals surface area (Å²) in [5.41, 5.74) is 0. The summed E-state index contributed by atoms with van der Waals surface area (Å²) >= 11 is 0. The Balaban J connectivity index is 2.08. The van der Waals surface area contributed by atoms with Gasteiger partial charge in [-0.1, -0.05) is 18.2 Å². The van der Waals surface area contributed by atoms with E-state index in [9.17, 15) is 0 Å². The standard InChI is InChI=1S/C11H11N3/c1-2-6-10(12-8-4-1)14-11-7-3-5-9-13-11/h1-9,12H,(H,13,14). The average Bonchev–Trinajstić information content (AvgIpc) is 2.48. The van der Waals surface area contributed by atoms with E-state index in [-0.39, 0.29) is 0 Å². The lowest BCUT2D eigenvalue weighted by molar-refractivity contribution is 1.06. The highest BCUT2D eigenvalue weighted by molar-refractivity contribution is 5.42. The van der Waals surface area contributed by atoms with Gasteiger partial charge in [-0.25, -0.2) is 4.98 Å². The lowest BCUT2D eigenvalue weighted by Gasteiger charge is -2.08. The Bertz CT molecular complexity index is 377. The molecule has 1 aliphatic rings. The summed E-state index contributed by atoms with van der Waals surface area (Å²) in [5.74, 6) is 1.74. The first-order valence-electron chi connectivity index (χ1n) is 4.43. The third-order valence-electron chi connectivity index (χ3n) is 1.75. The summed E-state index contributed by atoms with van der Waals surface area (Å²) in [5, 5.41) is 6.25. The Morgan fingerprint density at radius 3 is 3.00 bits per heavy atom. The Kier molecular flexibility index (Phi) is 2.62. The van der Waals surface area contributed by atoms with Crippen LogP contribution in [0.15, 0.2) is 60.7 Å². The summed E-state index contributed by atoms with van der Waals surface area (Å²) in [6.07, 6.45) is 11.4. The highest BCUT2D eigenvalue weighted by atomic mass is 15.1. The molecule has 2 N–H and O–H groups in total. The topological polar surface area (TPSA) is 37.0 Å². The fourth-order valence-corrected chi connectivity index (χ4v) is 1.11. The summed E-state index contributed by atoms with van der Waals surface area (Å²) in [7, 11) is 0. The Morgan fingerprint density at radius 1 is 1.14 bits per heavy atom. The van der Waals surface area contributed by atoms with Gasteiger partial charge in [0.2, 0.25) is 0 Å². The molecular weight excluding hydrogens is 174 g/mol. The van der Waals surface area contributed by atoms with E-state index in [1.807, 2.05) is 48.7 Å². The maximum Gasteiger partial charge on any atom is 0.131 e. The van der Waals surface area contributed by atoms with Crippen LogP contribution in [0.25, 0.3) is 0 Å². The molecule has 0 unspecified atom stereocenters. The number of anilines is 1. The van der Waals surface area contributed by atoms with Crippen molar-refractivity contribution >= 4 is 5.82 Å². The summed E-state index contributed by atoms with van der Waals surface area (Å²) in [6.45, 7) is 0. The molecule has 0 amide bonds. The van der Waals surface area contributed by atoms with Gasteiger partial charge in [-0.2, -0.15) is 0 Å². The third kappa shape index (κ3) is 2.23. The van der Waals surface area contributed by atoms with Crippen molar-refractivity contribution < 1.29 is 0 Å². The fourth-order valence-electron chi connectivity index (χ4n) is 1.11. The molecule has 2 rings (SSSR count). The molecule has 0 saturated carbocycles. The number of nitrogens with zero attached hydrogens (tertiary/aromatic N) is 1. The monoisotopic (exact) mass is 185 g/mol. The molecule has 1 aromatic rings. The van der Waals surface area contributed by atoms with Crippen molar-refractivity contribution in [3.05, 3.63) is 60.7 Å². The van der Waals surface area contributed by atoms with Crippen molar-refractivity contribution in [3.8, 4) is 0 Å². The van der Waals surface area contributed by atoms with Gasteiger partial charge in [0.05, 0.1) is 0 Å². The lowest BCUT2D eigenvalue weighted by Crippen LogP contribution is -2.13. The van der Waals surface area contributed by atoms with Gasteiger partial charge in [0, 0.05) is 12.4 Å². The highest BCUT2D eigenvalue weighted by Crippen LogP contribution is 2.04. The SMILES string of the molecule is C1=CC=C(Nc2ccccn2)NC=C1. The highest BCUT2D eigenvalue weighted by Gasteiger charge is 1.95. The van der Waals surface area contributed by atoms with Crippen LogP contribution in [0.4, 0.5) is 5.82 Å². The molecule has 1 aromatic heterocycles. The van der Waals surface area contributed by atoms with Crippen LogP contribution in [0, 0.1) is 0 Å². The van der Waals surface area contributed by atoms with Crippen LogP contribution in [0.3, 0.4) is 0 Å². The average molecular weight is 185 g/mol. The van der Waals surface area contributed by atoms with E-state index in [0.717, 1.165) is 11.6 Å². The zero-order valence-corrected chi connectivity index (χ0v) is 7.64. The molecular formula is C11H11N3. The number of rotatable bonds is 2. The quantitative estimate of drug-likeness (QED) is 0.740. The van der Waals surface area contributed by atoms with E-state index in [0.29, 0.717) is 0 Å². The molecule has 3 heteroatoms. The Morgan fingerprint density at radius 2 is 2.14 bits per heavy atom. The first-order chi connectivity index (χ1) is 6.95. The molecule has 3 nitrogen and oxygen atoms in total. The number of aromatic nitrogens is 1. The van der Waals surface area contributed by atoms with Gasteiger partial charge in [-0.15, -0.1) is 0 Å². The fraction of sp³-hybridized carbons (Fsp3) is 0. The second-order valence-electron chi connectivity index (χ2n) is 2.81. The van der Waals surface area contributed by atoms with Crippen LogP contribution < -0.4 is 10.6 Å². The molecule has 0 aromatic carbocycles. The summed E-state index contributed by atoms with van der Waals surface area (Å²) < 4.78 is 0. The van der Waals surface area contributed by atoms with Crippen LogP contribution in [-0.2, 0) is 0 Å². The molecule has 14 heavy (non-hydrogen) atoms. The molecule has 0 radical (unpaired) electrons. The predicted octanol–water partition coefficient (Wildman–Crippen LogP) is 2.01. The largest absolute Gasteiger partial charge is 0.348 e. The third-order valence-corrected chi connectivity index (χ3v) is 1.75. The summed E-state index contributed by atoms with van der Waals surface area (Å²) in [6, 6.07) is 5.75. The van der Waals surface area contributed by atoms with E-state index in [1.165, 1.54) is 0 Å². The molecule has 70 valence electrons. The number of hydrogen-bond acceptors (Lipinski definition) is 3. The maximum atomic E-state index is 4.16. The Hall–Kier alpha value is -2.03. The minimum atomic E-state index is 0.829. The second-order valence-corrected chi connectivity index (χ2v) is 2.81. The van der Waals surface area contributed by atoms with Crippen molar-refractivity contribution in [2.75, 3.05) is 5.32 Å². The first-order valence-corrected chi connectivity index (χ1v) is 4.43. The zero-order chi connectivity index (χ0) is 9.64. The predicted molar refractivity (Wildman–Crippen MR) is 57.4 cm³/mol. The molecule has 0 spiro atoms. The van der Waals surface area contributed by atoms with E-state index in [2.05, 4.69) is 15.6 Å². The van der Waals surface area contributed by atoms with E-state index >= 15 is 0 Å². The van der Waals surface area contributed by atoms with Crippen LogP contribution in [0.1, 0.15) is 0 Å². The van der Waals surface area contributed by atoms with Crippen LogP contribution in [0.5, 0.6) is 0 Å². The van der Waals surface area contributed by atoms with Crippen molar-refractivity contribution in [3.63, 3.8) is 0 Å². The van der Waals surface area contributed by atoms with Gasteiger partial charge in [-0.05, 0) is 24.3 Å². The van der Waals surface area contributed by atoms with Crippen molar-refractivity contribution in [2.24, 2.45) is 0 Å². The molecule has 0 atom stereocenters. The summed E-state index contributed by atoms with van der Waals surface area (Å²) in [4.78, 5) is 4.16. The minimum Gasteiger partial charge on any atom is -0.348 e.